The molecule has 0 aromatic heterocycles. The maximum absolute atomic E-state index is 5.61. The standard InChI is InChI=1S/C8H15ClO2/c1-5-6(2)10-8(4-9)11-7(5)3/h5-8H,4H2,1-3H3. The van der Waals surface area contributed by atoms with E-state index in [1.807, 2.05) is 0 Å². The van der Waals surface area contributed by atoms with E-state index < -0.39 is 0 Å². The molecule has 0 N–H and O–H groups in total. The molecule has 1 saturated heterocycles. The molecule has 0 radical (unpaired) electrons. The first kappa shape index (κ1) is 9.30. The van der Waals surface area contributed by atoms with Crippen molar-refractivity contribution in [3.63, 3.8) is 0 Å². The van der Waals surface area contributed by atoms with E-state index in [4.69, 9.17) is 21.1 Å². The second kappa shape index (κ2) is 3.74. The third-order valence-electron chi connectivity index (χ3n) is 2.34. The van der Waals surface area contributed by atoms with E-state index in [1.54, 1.807) is 0 Å². The molecule has 1 aliphatic heterocycles. The third kappa shape index (κ3) is 2.08. The highest BCUT2D eigenvalue weighted by Gasteiger charge is 2.30. The predicted molar refractivity (Wildman–Crippen MR) is 44.8 cm³/mol. The molecule has 0 aromatic rings. The lowest BCUT2D eigenvalue weighted by Gasteiger charge is -2.36. The van der Waals surface area contributed by atoms with E-state index >= 15 is 0 Å². The third-order valence-corrected chi connectivity index (χ3v) is 2.59. The van der Waals surface area contributed by atoms with Gasteiger partial charge in [-0.2, -0.15) is 0 Å². The highest BCUT2D eigenvalue weighted by atomic mass is 35.5. The minimum absolute atomic E-state index is 0.210. The van der Waals surface area contributed by atoms with Crippen LogP contribution in [0.3, 0.4) is 0 Å². The Balaban J connectivity index is 2.47. The fourth-order valence-corrected chi connectivity index (χ4v) is 1.36. The smallest absolute Gasteiger partial charge is 0.171 e. The van der Waals surface area contributed by atoms with E-state index in [0.29, 0.717) is 11.8 Å². The fraction of sp³-hybridized carbons (Fsp3) is 1.00. The summed E-state index contributed by atoms with van der Waals surface area (Å²) in [6, 6.07) is 0. The van der Waals surface area contributed by atoms with E-state index in [9.17, 15) is 0 Å². The number of rotatable bonds is 1. The van der Waals surface area contributed by atoms with Gasteiger partial charge >= 0.3 is 0 Å². The topological polar surface area (TPSA) is 18.5 Å². The average Bonchev–Trinajstić information content (AvgIpc) is 1.99. The summed E-state index contributed by atoms with van der Waals surface area (Å²) in [4.78, 5) is 0. The summed E-state index contributed by atoms with van der Waals surface area (Å²) in [7, 11) is 0. The van der Waals surface area contributed by atoms with Crippen molar-refractivity contribution in [1.82, 2.24) is 0 Å². The van der Waals surface area contributed by atoms with Crippen LogP contribution in [0.2, 0.25) is 0 Å². The van der Waals surface area contributed by atoms with Crippen molar-refractivity contribution in [3.8, 4) is 0 Å². The normalized spacial score (nSPS) is 45.8. The molecule has 2 unspecified atom stereocenters. The Morgan fingerprint density at radius 2 is 1.55 bits per heavy atom. The molecule has 66 valence electrons. The fourth-order valence-electron chi connectivity index (χ4n) is 1.21. The van der Waals surface area contributed by atoms with Gasteiger partial charge in [-0.15, -0.1) is 11.6 Å². The zero-order chi connectivity index (χ0) is 8.43. The van der Waals surface area contributed by atoms with Gasteiger partial charge in [0.25, 0.3) is 0 Å². The molecule has 2 nitrogen and oxygen atoms in total. The van der Waals surface area contributed by atoms with Gasteiger partial charge in [-0.3, -0.25) is 0 Å². The number of alkyl halides is 1. The summed E-state index contributed by atoms with van der Waals surface area (Å²) in [5.74, 6) is 0.871. The number of halogens is 1. The Bertz CT molecular complexity index is 117. The van der Waals surface area contributed by atoms with Crippen LogP contribution in [0.15, 0.2) is 0 Å². The largest absolute Gasteiger partial charge is 0.348 e. The zero-order valence-corrected chi connectivity index (χ0v) is 7.97. The number of hydrogen-bond donors (Lipinski definition) is 0. The molecule has 0 bridgehead atoms. The summed E-state index contributed by atoms with van der Waals surface area (Å²) in [5, 5.41) is 0. The Morgan fingerprint density at radius 1 is 1.09 bits per heavy atom. The van der Waals surface area contributed by atoms with Crippen molar-refractivity contribution in [2.45, 2.75) is 39.3 Å². The number of hydrogen-bond acceptors (Lipinski definition) is 2. The molecule has 0 aromatic carbocycles. The van der Waals surface area contributed by atoms with Gasteiger partial charge in [-0.25, -0.2) is 0 Å². The maximum Gasteiger partial charge on any atom is 0.171 e. The van der Waals surface area contributed by atoms with Crippen LogP contribution in [0.4, 0.5) is 0 Å². The summed E-state index contributed by atoms with van der Waals surface area (Å²) in [5.41, 5.74) is 0. The van der Waals surface area contributed by atoms with Gasteiger partial charge < -0.3 is 9.47 Å². The van der Waals surface area contributed by atoms with E-state index in [-0.39, 0.29) is 18.5 Å². The highest BCUT2D eigenvalue weighted by molar-refractivity contribution is 6.18. The second-order valence-corrected chi connectivity index (χ2v) is 3.43. The summed E-state index contributed by atoms with van der Waals surface area (Å²) in [6.45, 7) is 6.24. The molecule has 1 heterocycles. The van der Waals surface area contributed by atoms with E-state index in [2.05, 4.69) is 20.8 Å². The molecule has 3 heteroatoms. The highest BCUT2D eigenvalue weighted by Crippen LogP contribution is 2.24. The lowest BCUT2D eigenvalue weighted by Crippen LogP contribution is -2.42. The Kier molecular flexibility index (Phi) is 3.16. The van der Waals surface area contributed by atoms with Gasteiger partial charge in [0.15, 0.2) is 6.29 Å². The lowest BCUT2D eigenvalue weighted by molar-refractivity contribution is -0.246. The van der Waals surface area contributed by atoms with Crippen molar-refractivity contribution < 1.29 is 9.47 Å². The number of ether oxygens (including phenoxy) is 2. The summed E-state index contributed by atoms with van der Waals surface area (Å²) < 4.78 is 10.9. The second-order valence-electron chi connectivity index (χ2n) is 3.13. The summed E-state index contributed by atoms with van der Waals surface area (Å²) >= 11 is 5.61. The van der Waals surface area contributed by atoms with Crippen molar-refractivity contribution >= 4 is 11.6 Å². The van der Waals surface area contributed by atoms with Crippen LogP contribution >= 0.6 is 11.6 Å². The quantitative estimate of drug-likeness (QED) is 0.572. The van der Waals surface area contributed by atoms with Crippen molar-refractivity contribution in [3.05, 3.63) is 0 Å². The van der Waals surface area contributed by atoms with Gasteiger partial charge in [0.1, 0.15) is 0 Å². The lowest BCUT2D eigenvalue weighted by atomic mass is 9.99. The molecule has 0 spiro atoms. The van der Waals surface area contributed by atoms with Crippen LogP contribution in [-0.4, -0.2) is 24.4 Å². The first-order valence-electron chi connectivity index (χ1n) is 4.02. The van der Waals surface area contributed by atoms with Crippen LogP contribution in [-0.2, 0) is 9.47 Å². The average molecular weight is 179 g/mol. The van der Waals surface area contributed by atoms with Gasteiger partial charge in [0, 0.05) is 5.92 Å². The molecular weight excluding hydrogens is 164 g/mol. The van der Waals surface area contributed by atoms with Gasteiger partial charge in [-0.1, -0.05) is 6.92 Å². The molecule has 1 fully saturated rings. The molecule has 2 atom stereocenters. The predicted octanol–water partition coefficient (Wildman–Crippen LogP) is 2.01. The first-order chi connectivity index (χ1) is 5.15. The molecular formula is C8H15ClO2. The summed E-state index contributed by atoms with van der Waals surface area (Å²) in [6.07, 6.45) is 0.294. The van der Waals surface area contributed by atoms with Gasteiger partial charge in [0.2, 0.25) is 0 Å². The monoisotopic (exact) mass is 178 g/mol. The van der Waals surface area contributed by atoms with Crippen LogP contribution < -0.4 is 0 Å². The molecule has 0 aliphatic carbocycles. The van der Waals surface area contributed by atoms with E-state index in [1.165, 1.54) is 0 Å². The molecule has 11 heavy (non-hydrogen) atoms. The van der Waals surface area contributed by atoms with Gasteiger partial charge in [0.05, 0.1) is 18.1 Å². The van der Waals surface area contributed by atoms with Crippen LogP contribution in [0.5, 0.6) is 0 Å². The van der Waals surface area contributed by atoms with Crippen LogP contribution in [0, 0.1) is 5.92 Å². The maximum atomic E-state index is 5.61. The minimum Gasteiger partial charge on any atom is -0.348 e. The van der Waals surface area contributed by atoms with Crippen molar-refractivity contribution in [2.24, 2.45) is 5.92 Å². The van der Waals surface area contributed by atoms with Crippen LogP contribution in [0.25, 0.3) is 0 Å². The molecule has 0 saturated carbocycles. The first-order valence-corrected chi connectivity index (χ1v) is 4.55. The molecule has 0 amide bonds. The SMILES string of the molecule is CC1OC(CCl)OC(C)C1C. The van der Waals surface area contributed by atoms with Gasteiger partial charge in [-0.05, 0) is 13.8 Å². The Hall–Kier alpha value is 0.210. The van der Waals surface area contributed by atoms with Crippen molar-refractivity contribution in [2.75, 3.05) is 5.88 Å². The van der Waals surface area contributed by atoms with E-state index in [0.717, 1.165) is 0 Å². The minimum atomic E-state index is -0.210. The zero-order valence-electron chi connectivity index (χ0n) is 7.21. The Labute approximate surface area is 72.8 Å². The van der Waals surface area contributed by atoms with Crippen LogP contribution in [0.1, 0.15) is 20.8 Å². The molecule has 1 aliphatic rings. The molecule has 1 rings (SSSR count). The Morgan fingerprint density at radius 3 is 1.91 bits per heavy atom. The van der Waals surface area contributed by atoms with Crippen molar-refractivity contribution in [1.29, 1.82) is 0 Å².